The van der Waals surface area contributed by atoms with Crippen molar-refractivity contribution in [3.8, 4) is 17.9 Å². The third-order valence-corrected chi connectivity index (χ3v) is 1.75. The van der Waals surface area contributed by atoms with Gasteiger partial charge in [0.05, 0.1) is 5.88 Å². The SMILES string of the molecule is N#CC#Cc1ccc(CCl)c(F)c1. The summed E-state index contributed by atoms with van der Waals surface area (Å²) in [6.45, 7) is 0. The topological polar surface area (TPSA) is 23.8 Å². The number of hydrogen-bond donors (Lipinski definition) is 0. The van der Waals surface area contributed by atoms with E-state index in [4.69, 9.17) is 16.9 Å². The van der Waals surface area contributed by atoms with Crippen molar-refractivity contribution in [1.29, 1.82) is 5.26 Å². The fourth-order valence-electron chi connectivity index (χ4n) is 0.834. The van der Waals surface area contributed by atoms with Crippen LogP contribution in [0.1, 0.15) is 11.1 Å². The zero-order valence-electron chi connectivity index (χ0n) is 6.64. The molecular formula is C10H5ClFN. The molecule has 64 valence electrons. The molecule has 1 rings (SSSR count). The highest BCUT2D eigenvalue weighted by Crippen LogP contribution is 2.11. The van der Waals surface area contributed by atoms with Gasteiger partial charge in [-0.15, -0.1) is 11.6 Å². The van der Waals surface area contributed by atoms with Gasteiger partial charge in [-0.1, -0.05) is 12.0 Å². The van der Waals surface area contributed by atoms with Crippen LogP contribution in [0.2, 0.25) is 0 Å². The molecule has 0 aliphatic heterocycles. The lowest BCUT2D eigenvalue weighted by Crippen LogP contribution is -1.86. The molecule has 0 saturated carbocycles. The molecule has 0 saturated heterocycles. The normalized spacial score (nSPS) is 8.38. The van der Waals surface area contributed by atoms with E-state index in [0.717, 1.165) is 0 Å². The van der Waals surface area contributed by atoms with Crippen molar-refractivity contribution in [2.45, 2.75) is 5.88 Å². The summed E-state index contributed by atoms with van der Waals surface area (Å²) in [5.74, 6) is 4.42. The van der Waals surface area contributed by atoms with Gasteiger partial charge in [0.1, 0.15) is 5.82 Å². The maximum Gasteiger partial charge on any atom is 0.152 e. The molecule has 0 aliphatic rings. The minimum absolute atomic E-state index is 0.137. The molecule has 1 aromatic rings. The lowest BCUT2D eigenvalue weighted by molar-refractivity contribution is 0.616. The maximum atomic E-state index is 13.0. The molecule has 13 heavy (non-hydrogen) atoms. The molecule has 0 amide bonds. The molecular weight excluding hydrogens is 189 g/mol. The number of rotatable bonds is 1. The summed E-state index contributed by atoms with van der Waals surface area (Å²) in [4.78, 5) is 0. The third-order valence-electron chi connectivity index (χ3n) is 1.46. The van der Waals surface area contributed by atoms with Crippen LogP contribution in [0.3, 0.4) is 0 Å². The highest BCUT2D eigenvalue weighted by Gasteiger charge is 2.00. The van der Waals surface area contributed by atoms with Gasteiger partial charge in [-0.2, -0.15) is 5.26 Å². The number of nitrogens with zero attached hydrogens (tertiary/aromatic N) is 1. The average Bonchev–Trinajstić information content (AvgIpc) is 2.15. The zero-order valence-corrected chi connectivity index (χ0v) is 7.40. The molecule has 0 spiro atoms. The van der Waals surface area contributed by atoms with Crippen LogP contribution >= 0.6 is 11.6 Å². The Morgan fingerprint density at radius 2 is 2.23 bits per heavy atom. The van der Waals surface area contributed by atoms with Gasteiger partial charge in [-0.05, 0) is 12.1 Å². The molecule has 0 N–H and O–H groups in total. The predicted octanol–water partition coefficient (Wildman–Crippen LogP) is 2.44. The van der Waals surface area contributed by atoms with Crippen LogP contribution in [-0.4, -0.2) is 0 Å². The molecule has 0 aromatic heterocycles. The van der Waals surface area contributed by atoms with E-state index in [2.05, 4.69) is 11.8 Å². The van der Waals surface area contributed by atoms with Gasteiger partial charge in [-0.25, -0.2) is 4.39 Å². The van der Waals surface area contributed by atoms with E-state index in [0.29, 0.717) is 11.1 Å². The van der Waals surface area contributed by atoms with Crippen LogP contribution in [-0.2, 0) is 5.88 Å². The Kier molecular flexibility index (Phi) is 3.31. The fourth-order valence-corrected chi connectivity index (χ4v) is 1.05. The Hall–Kier alpha value is -1.51. The van der Waals surface area contributed by atoms with E-state index in [1.165, 1.54) is 6.07 Å². The lowest BCUT2D eigenvalue weighted by atomic mass is 10.1. The van der Waals surface area contributed by atoms with E-state index in [9.17, 15) is 4.39 Å². The Bertz CT molecular complexity index is 409. The molecule has 1 nitrogen and oxygen atoms in total. The monoisotopic (exact) mass is 193 g/mol. The summed E-state index contributed by atoms with van der Waals surface area (Å²) in [6, 6.07) is 6.11. The summed E-state index contributed by atoms with van der Waals surface area (Å²) in [6.07, 6.45) is 0. The Morgan fingerprint density at radius 1 is 1.46 bits per heavy atom. The first-order valence-electron chi connectivity index (χ1n) is 3.52. The van der Waals surface area contributed by atoms with E-state index in [1.807, 2.05) is 0 Å². The highest BCUT2D eigenvalue weighted by atomic mass is 35.5. The molecule has 0 heterocycles. The smallest absolute Gasteiger partial charge is 0.152 e. The van der Waals surface area contributed by atoms with Crippen molar-refractivity contribution in [3.63, 3.8) is 0 Å². The third kappa shape index (κ3) is 2.47. The van der Waals surface area contributed by atoms with E-state index in [1.54, 1.807) is 18.2 Å². The summed E-state index contributed by atoms with van der Waals surface area (Å²) in [7, 11) is 0. The minimum atomic E-state index is -0.389. The molecule has 1 aromatic carbocycles. The Balaban J connectivity index is 3.04. The summed E-state index contributed by atoms with van der Waals surface area (Å²) < 4.78 is 13.0. The van der Waals surface area contributed by atoms with Crippen LogP contribution in [0.4, 0.5) is 4.39 Å². The van der Waals surface area contributed by atoms with E-state index in [-0.39, 0.29) is 11.7 Å². The summed E-state index contributed by atoms with van der Waals surface area (Å²) in [5.41, 5.74) is 0.914. The van der Waals surface area contributed by atoms with Crippen molar-refractivity contribution < 1.29 is 4.39 Å². The maximum absolute atomic E-state index is 13.0. The Labute approximate surface area is 80.8 Å². The van der Waals surface area contributed by atoms with Gasteiger partial charge in [-0.3, -0.25) is 0 Å². The van der Waals surface area contributed by atoms with Crippen molar-refractivity contribution in [3.05, 3.63) is 35.1 Å². The van der Waals surface area contributed by atoms with Crippen molar-refractivity contribution in [2.75, 3.05) is 0 Å². The van der Waals surface area contributed by atoms with E-state index < -0.39 is 0 Å². The van der Waals surface area contributed by atoms with Gasteiger partial charge in [0, 0.05) is 17.0 Å². The first-order chi connectivity index (χ1) is 6.27. The van der Waals surface area contributed by atoms with Crippen LogP contribution in [0.15, 0.2) is 18.2 Å². The van der Waals surface area contributed by atoms with Crippen molar-refractivity contribution >= 4 is 11.6 Å². The Morgan fingerprint density at radius 3 is 2.77 bits per heavy atom. The van der Waals surface area contributed by atoms with Gasteiger partial charge < -0.3 is 0 Å². The van der Waals surface area contributed by atoms with Crippen LogP contribution < -0.4 is 0 Å². The molecule has 0 bridgehead atoms. The number of hydrogen-bond acceptors (Lipinski definition) is 1. The van der Waals surface area contributed by atoms with Crippen molar-refractivity contribution in [2.24, 2.45) is 0 Å². The second-order valence-corrected chi connectivity index (χ2v) is 2.57. The number of benzene rings is 1. The first kappa shape index (κ1) is 9.58. The standard InChI is InChI=1S/C10H5ClFN/c11-7-9-4-3-8(2-1-5-13)6-10(9)12/h3-4,6H,7H2. The summed E-state index contributed by atoms with van der Waals surface area (Å²) in [5, 5.41) is 8.16. The second-order valence-electron chi connectivity index (χ2n) is 2.30. The van der Waals surface area contributed by atoms with Gasteiger partial charge in [0.25, 0.3) is 0 Å². The molecule has 0 radical (unpaired) electrons. The van der Waals surface area contributed by atoms with Gasteiger partial charge >= 0.3 is 0 Å². The molecule has 0 fully saturated rings. The minimum Gasteiger partial charge on any atom is -0.207 e. The first-order valence-corrected chi connectivity index (χ1v) is 4.06. The fraction of sp³-hybridized carbons (Fsp3) is 0.100. The zero-order chi connectivity index (χ0) is 9.68. The van der Waals surface area contributed by atoms with Gasteiger partial charge in [0.15, 0.2) is 6.07 Å². The number of nitriles is 1. The molecule has 0 unspecified atom stereocenters. The lowest BCUT2D eigenvalue weighted by Gasteiger charge is -1.97. The van der Waals surface area contributed by atoms with Crippen LogP contribution in [0, 0.1) is 29.0 Å². The molecule has 0 atom stereocenters. The molecule has 3 heteroatoms. The van der Waals surface area contributed by atoms with Crippen LogP contribution in [0.5, 0.6) is 0 Å². The van der Waals surface area contributed by atoms with E-state index >= 15 is 0 Å². The van der Waals surface area contributed by atoms with Crippen molar-refractivity contribution in [1.82, 2.24) is 0 Å². The van der Waals surface area contributed by atoms with Gasteiger partial charge in [0.2, 0.25) is 0 Å². The quantitative estimate of drug-likeness (QED) is 0.497. The highest BCUT2D eigenvalue weighted by molar-refractivity contribution is 6.17. The largest absolute Gasteiger partial charge is 0.207 e. The molecule has 0 aliphatic carbocycles. The predicted molar refractivity (Wildman–Crippen MR) is 48.4 cm³/mol. The van der Waals surface area contributed by atoms with Crippen LogP contribution in [0.25, 0.3) is 0 Å². The second kappa shape index (κ2) is 4.50. The number of halogens is 2. The average molecular weight is 194 g/mol. The summed E-state index contributed by atoms with van der Waals surface area (Å²) >= 11 is 5.46. The number of alkyl halides is 1.